The Balaban J connectivity index is 1.58. The molecule has 0 radical (unpaired) electrons. The molecule has 0 bridgehead atoms. The summed E-state index contributed by atoms with van der Waals surface area (Å²) in [5.74, 6) is 1.20. The van der Waals surface area contributed by atoms with E-state index in [4.69, 9.17) is 16.3 Å². The average Bonchev–Trinajstić information content (AvgIpc) is 2.56. The lowest BCUT2D eigenvalue weighted by molar-refractivity contribution is 0.215. The van der Waals surface area contributed by atoms with Crippen molar-refractivity contribution >= 4 is 23.4 Å². The summed E-state index contributed by atoms with van der Waals surface area (Å²) in [7, 11) is 0. The van der Waals surface area contributed by atoms with Gasteiger partial charge in [0.25, 0.3) is 0 Å². The third-order valence-electron chi connectivity index (χ3n) is 4.24. The number of nitrogens with one attached hydrogen (secondary N) is 1. The number of carbonyl (C=O) groups is 1. The summed E-state index contributed by atoms with van der Waals surface area (Å²) >= 11 is 5.89. The van der Waals surface area contributed by atoms with Crippen molar-refractivity contribution in [2.75, 3.05) is 5.32 Å². The van der Waals surface area contributed by atoms with E-state index in [1.54, 1.807) is 24.3 Å². The molecule has 4 heteroatoms. The van der Waals surface area contributed by atoms with Gasteiger partial charge in [0.1, 0.15) is 5.75 Å². The first-order valence-corrected chi connectivity index (χ1v) is 8.43. The van der Waals surface area contributed by atoms with Crippen LogP contribution in [0.1, 0.15) is 43.6 Å². The maximum absolute atomic E-state index is 11.9. The highest BCUT2D eigenvalue weighted by Gasteiger charge is 2.15. The van der Waals surface area contributed by atoms with Crippen molar-refractivity contribution in [2.24, 2.45) is 0 Å². The van der Waals surface area contributed by atoms with Gasteiger partial charge in [-0.15, -0.1) is 0 Å². The number of benzene rings is 2. The van der Waals surface area contributed by atoms with Crippen LogP contribution in [0.2, 0.25) is 5.02 Å². The van der Waals surface area contributed by atoms with Crippen LogP contribution in [0.3, 0.4) is 0 Å². The summed E-state index contributed by atoms with van der Waals surface area (Å²) in [6, 6.07) is 14.8. The number of hydrogen-bond acceptors (Lipinski definition) is 2. The molecular weight excluding hydrogens is 310 g/mol. The molecule has 120 valence electrons. The Morgan fingerprint density at radius 2 is 1.78 bits per heavy atom. The van der Waals surface area contributed by atoms with Gasteiger partial charge in [-0.05, 0) is 54.7 Å². The second-order valence-corrected chi connectivity index (χ2v) is 6.37. The Kier molecular flexibility index (Phi) is 5.19. The highest BCUT2D eigenvalue weighted by atomic mass is 35.5. The highest BCUT2D eigenvalue weighted by molar-refractivity contribution is 6.30. The van der Waals surface area contributed by atoms with Gasteiger partial charge in [-0.3, -0.25) is 5.32 Å². The third-order valence-corrected chi connectivity index (χ3v) is 4.47. The number of halogens is 1. The molecule has 0 aromatic heterocycles. The normalized spacial score (nSPS) is 15.2. The second-order valence-electron chi connectivity index (χ2n) is 5.93. The molecule has 3 rings (SSSR count). The van der Waals surface area contributed by atoms with Crippen LogP contribution in [0.15, 0.2) is 48.5 Å². The molecule has 2 aromatic carbocycles. The van der Waals surface area contributed by atoms with Crippen LogP contribution in [-0.4, -0.2) is 6.09 Å². The lowest BCUT2D eigenvalue weighted by Gasteiger charge is -2.22. The van der Waals surface area contributed by atoms with E-state index in [-0.39, 0.29) is 0 Å². The minimum Gasteiger partial charge on any atom is -0.410 e. The molecule has 1 N–H and O–H groups in total. The zero-order chi connectivity index (χ0) is 16.1. The summed E-state index contributed by atoms with van der Waals surface area (Å²) < 4.78 is 5.31. The fourth-order valence-electron chi connectivity index (χ4n) is 3.06. The van der Waals surface area contributed by atoms with Crippen LogP contribution in [0.4, 0.5) is 10.5 Å². The Morgan fingerprint density at radius 3 is 2.48 bits per heavy atom. The quantitative estimate of drug-likeness (QED) is 0.750. The first kappa shape index (κ1) is 15.9. The number of carbonyl (C=O) groups excluding carboxylic acids is 1. The summed E-state index contributed by atoms with van der Waals surface area (Å²) in [5.41, 5.74) is 1.95. The first-order valence-electron chi connectivity index (χ1n) is 8.05. The van der Waals surface area contributed by atoms with Crippen molar-refractivity contribution < 1.29 is 9.53 Å². The molecule has 1 saturated carbocycles. The van der Waals surface area contributed by atoms with Gasteiger partial charge in [0, 0.05) is 10.7 Å². The molecule has 1 aliphatic rings. The van der Waals surface area contributed by atoms with Gasteiger partial charge in [0.2, 0.25) is 0 Å². The van der Waals surface area contributed by atoms with Crippen LogP contribution in [0.5, 0.6) is 5.75 Å². The van der Waals surface area contributed by atoms with Crippen molar-refractivity contribution in [3.8, 4) is 5.75 Å². The van der Waals surface area contributed by atoms with Crippen LogP contribution in [0, 0.1) is 0 Å². The monoisotopic (exact) mass is 329 g/mol. The predicted molar refractivity (Wildman–Crippen MR) is 93.4 cm³/mol. The van der Waals surface area contributed by atoms with Gasteiger partial charge in [-0.2, -0.15) is 0 Å². The molecule has 2 aromatic rings. The molecule has 0 aliphatic heterocycles. The minimum atomic E-state index is -0.516. The molecule has 0 saturated heterocycles. The SMILES string of the molecule is O=C(Nc1cccc(Cl)c1)Oc1ccc(C2CCCCC2)cc1. The van der Waals surface area contributed by atoms with E-state index >= 15 is 0 Å². The van der Waals surface area contributed by atoms with E-state index in [0.29, 0.717) is 22.4 Å². The number of amides is 1. The smallest absolute Gasteiger partial charge is 0.410 e. The van der Waals surface area contributed by atoms with Gasteiger partial charge < -0.3 is 4.74 Å². The van der Waals surface area contributed by atoms with Crippen LogP contribution < -0.4 is 10.1 Å². The van der Waals surface area contributed by atoms with Gasteiger partial charge in [-0.1, -0.05) is 49.1 Å². The molecule has 0 spiro atoms. The summed E-state index contributed by atoms with van der Waals surface area (Å²) in [4.78, 5) is 11.9. The highest BCUT2D eigenvalue weighted by Crippen LogP contribution is 2.33. The maximum atomic E-state index is 11.9. The zero-order valence-electron chi connectivity index (χ0n) is 12.9. The van der Waals surface area contributed by atoms with Crippen LogP contribution >= 0.6 is 11.6 Å². The lowest BCUT2D eigenvalue weighted by atomic mass is 9.84. The standard InChI is InChI=1S/C19H20ClNO2/c20-16-7-4-8-17(13-16)21-19(22)23-18-11-9-15(10-12-18)14-5-2-1-3-6-14/h4,7-14H,1-3,5-6H2,(H,21,22). The molecule has 23 heavy (non-hydrogen) atoms. The van der Waals surface area contributed by atoms with Crippen LogP contribution in [0.25, 0.3) is 0 Å². The summed E-state index contributed by atoms with van der Waals surface area (Å²) in [6.45, 7) is 0. The molecule has 3 nitrogen and oxygen atoms in total. The summed E-state index contributed by atoms with van der Waals surface area (Å²) in [5, 5.41) is 3.23. The molecule has 1 amide bonds. The van der Waals surface area contributed by atoms with E-state index in [2.05, 4.69) is 17.4 Å². The number of hydrogen-bond donors (Lipinski definition) is 1. The van der Waals surface area contributed by atoms with Gasteiger partial charge in [0.05, 0.1) is 0 Å². The van der Waals surface area contributed by atoms with Gasteiger partial charge >= 0.3 is 6.09 Å². The van der Waals surface area contributed by atoms with Gasteiger partial charge in [-0.25, -0.2) is 4.79 Å². The Morgan fingerprint density at radius 1 is 1.04 bits per heavy atom. The predicted octanol–water partition coefficient (Wildman–Crippen LogP) is 6.00. The number of anilines is 1. The maximum Gasteiger partial charge on any atom is 0.417 e. The van der Waals surface area contributed by atoms with Crippen LogP contribution in [-0.2, 0) is 0 Å². The molecule has 1 fully saturated rings. The molecular formula is C19H20ClNO2. The second kappa shape index (κ2) is 7.51. The van der Waals surface area contributed by atoms with E-state index < -0.39 is 6.09 Å². The Hall–Kier alpha value is -2.00. The molecule has 0 heterocycles. The van der Waals surface area contributed by atoms with E-state index in [9.17, 15) is 4.79 Å². The van der Waals surface area contributed by atoms with Crippen molar-refractivity contribution in [3.05, 3.63) is 59.1 Å². The van der Waals surface area contributed by atoms with E-state index in [1.165, 1.54) is 37.7 Å². The molecule has 0 unspecified atom stereocenters. The molecule has 0 atom stereocenters. The fourth-order valence-corrected chi connectivity index (χ4v) is 3.25. The largest absolute Gasteiger partial charge is 0.417 e. The van der Waals surface area contributed by atoms with Crippen molar-refractivity contribution in [1.29, 1.82) is 0 Å². The Bertz CT molecular complexity index is 663. The van der Waals surface area contributed by atoms with Gasteiger partial charge in [0.15, 0.2) is 0 Å². The van der Waals surface area contributed by atoms with E-state index in [1.807, 2.05) is 12.1 Å². The van der Waals surface area contributed by atoms with Crippen molar-refractivity contribution in [3.63, 3.8) is 0 Å². The first-order chi connectivity index (χ1) is 11.2. The Labute approximate surface area is 141 Å². The minimum absolute atomic E-state index is 0.516. The third kappa shape index (κ3) is 4.49. The fraction of sp³-hybridized carbons (Fsp3) is 0.316. The van der Waals surface area contributed by atoms with Crippen molar-refractivity contribution in [2.45, 2.75) is 38.0 Å². The zero-order valence-corrected chi connectivity index (χ0v) is 13.7. The topological polar surface area (TPSA) is 38.3 Å². The lowest BCUT2D eigenvalue weighted by Crippen LogP contribution is -2.16. The van der Waals surface area contributed by atoms with E-state index in [0.717, 1.165) is 0 Å². The van der Waals surface area contributed by atoms with Crippen molar-refractivity contribution in [1.82, 2.24) is 0 Å². The number of rotatable bonds is 3. The molecule has 1 aliphatic carbocycles. The number of ether oxygens (including phenoxy) is 1. The summed E-state index contributed by atoms with van der Waals surface area (Å²) in [6.07, 6.45) is 5.97. The average molecular weight is 330 g/mol.